The summed E-state index contributed by atoms with van der Waals surface area (Å²) >= 11 is 6.22. The van der Waals surface area contributed by atoms with Crippen molar-refractivity contribution >= 4 is 23.7 Å². The molecular formula is C19H20ClFN2O4. The topological polar surface area (TPSA) is 69.2 Å². The van der Waals surface area contributed by atoms with E-state index in [0.717, 1.165) is 0 Å². The highest BCUT2D eigenvalue weighted by Gasteiger charge is 2.13. The van der Waals surface area contributed by atoms with Crippen LogP contribution in [0.25, 0.3) is 0 Å². The monoisotopic (exact) mass is 394 g/mol. The number of halogens is 2. The first-order chi connectivity index (χ1) is 12.9. The van der Waals surface area contributed by atoms with E-state index in [0.29, 0.717) is 22.1 Å². The van der Waals surface area contributed by atoms with Gasteiger partial charge in [-0.15, -0.1) is 0 Å². The smallest absolute Gasteiger partial charge is 0.277 e. The van der Waals surface area contributed by atoms with Crippen LogP contribution in [0.4, 0.5) is 4.39 Å². The third kappa shape index (κ3) is 6.14. The van der Waals surface area contributed by atoms with Crippen molar-refractivity contribution in [1.29, 1.82) is 0 Å². The van der Waals surface area contributed by atoms with Gasteiger partial charge in [-0.3, -0.25) is 4.79 Å². The molecule has 8 heteroatoms. The molecule has 1 amide bonds. The average Bonchev–Trinajstić information content (AvgIpc) is 2.62. The lowest BCUT2D eigenvalue weighted by molar-refractivity contribution is -0.123. The Kier molecular flexibility index (Phi) is 7.43. The molecule has 2 aromatic rings. The van der Waals surface area contributed by atoms with Crippen LogP contribution >= 0.6 is 11.6 Å². The predicted molar refractivity (Wildman–Crippen MR) is 101 cm³/mol. The Balaban J connectivity index is 1.96. The number of amides is 1. The predicted octanol–water partition coefficient (Wildman–Crippen LogP) is 3.80. The van der Waals surface area contributed by atoms with Gasteiger partial charge in [0.25, 0.3) is 5.91 Å². The molecule has 6 nitrogen and oxygen atoms in total. The van der Waals surface area contributed by atoms with Crippen molar-refractivity contribution in [1.82, 2.24) is 5.43 Å². The Morgan fingerprint density at radius 2 is 2.04 bits per heavy atom. The zero-order valence-electron chi connectivity index (χ0n) is 15.2. The van der Waals surface area contributed by atoms with Crippen LogP contribution in [-0.4, -0.2) is 31.9 Å². The number of carbonyl (C=O) groups excluding carboxylic acids is 1. The first-order valence-electron chi connectivity index (χ1n) is 8.14. The van der Waals surface area contributed by atoms with Crippen molar-refractivity contribution in [2.45, 2.75) is 20.0 Å². The number of hydrazone groups is 1. The Morgan fingerprint density at radius 3 is 2.70 bits per heavy atom. The van der Waals surface area contributed by atoms with Crippen LogP contribution in [0.2, 0.25) is 5.02 Å². The molecule has 0 unspecified atom stereocenters. The Labute approximate surface area is 161 Å². The zero-order valence-corrected chi connectivity index (χ0v) is 15.9. The fraction of sp³-hybridized carbons (Fsp3) is 0.263. The van der Waals surface area contributed by atoms with Crippen LogP contribution in [0.1, 0.15) is 19.4 Å². The van der Waals surface area contributed by atoms with Crippen molar-refractivity contribution in [3.63, 3.8) is 0 Å². The Morgan fingerprint density at radius 1 is 1.30 bits per heavy atom. The van der Waals surface area contributed by atoms with Crippen LogP contribution in [0.5, 0.6) is 17.2 Å². The lowest BCUT2D eigenvalue weighted by Crippen LogP contribution is -2.24. The molecule has 0 radical (unpaired) electrons. The molecule has 0 fully saturated rings. The molecule has 0 aliphatic heterocycles. The standard InChI is InChI=1S/C19H20ClFN2O4/c1-12(2)27-19-14(20)8-13(9-17(19)25-3)10-22-23-18(24)11-26-16-7-5-4-6-15(16)21/h4-10,12H,11H2,1-3H3,(H,23,24)/b22-10-. The van der Waals surface area contributed by atoms with Crippen LogP contribution < -0.4 is 19.6 Å². The molecular weight excluding hydrogens is 375 g/mol. The molecule has 0 aliphatic carbocycles. The lowest BCUT2D eigenvalue weighted by Gasteiger charge is -2.15. The largest absolute Gasteiger partial charge is 0.493 e. The molecule has 1 N–H and O–H groups in total. The molecule has 0 aromatic heterocycles. The van der Waals surface area contributed by atoms with Gasteiger partial charge in [0.2, 0.25) is 0 Å². The quantitative estimate of drug-likeness (QED) is 0.546. The van der Waals surface area contributed by atoms with Gasteiger partial charge in [0.15, 0.2) is 29.7 Å². The summed E-state index contributed by atoms with van der Waals surface area (Å²) < 4.78 is 29.4. The van der Waals surface area contributed by atoms with Gasteiger partial charge in [0, 0.05) is 0 Å². The zero-order chi connectivity index (χ0) is 19.8. The second-order valence-corrected chi connectivity index (χ2v) is 6.12. The highest BCUT2D eigenvalue weighted by molar-refractivity contribution is 6.32. The third-order valence-electron chi connectivity index (χ3n) is 3.20. The Hall–Kier alpha value is -2.80. The van der Waals surface area contributed by atoms with Gasteiger partial charge < -0.3 is 14.2 Å². The van der Waals surface area contributed by atoms with Gasteiger partial charge in [0.1, 0.15) is 0 Å². The minimum Gasteiger partial charge on any atom is -0.493 e. The van der Waals surface area contributed by atoms with Crippen molar-refractivity contribution in [2.75, 3.05) is 13.7 Å². The minimum atomic E-state index is -0.542. The lowest BCUT2D eigenvalue weighted by atomic mass is 10.2. The van der Waals surface area contributed by atoms with Crippen molar-refractivity contribution in [3.05, 3.63) is 52.8 Å². The average molecular weight is 395 g/mol. The molecule has 0 saturated heterocycles. The summed E-state index contributed by atoms with van der Waals surface area (Å²) in [5.41, 5.74) is 2.89. The van der Waals surface area contributed by atoms with Gasteiger partial charge in [-0.1, -0.05) is 23.7 Å². The van der Waals surface area contributed by atoms with Gasteiger partial charge in [-0.05, 0) is 43.7 Å². The number of ether oxygens (including phenoxy) is 3. The van der Waals surface area contributed by atoms with E-state index in [1.165, 1.54) is 31.5 Å². The molecule has 2 rings (SSSR count). The van der Waals surface area contributed by atoms with Gasteiger partial charge in [-0.25, -0.2) is 9.82 Å². The molecule has 0 saturated carbocycles. The fourth-order valence-electron chi connectivity index (χ4n) is 2.08. The van der Waals surface area contributed by atoms with Crippen LogP contribution in [0, 0.1) is 5.82 Å². The summed E-state index contributed by atoms with van der Waals surface area (Å²) in [6, 6.07) is 9.13. The van der Waals surface area contributed by atoms with Crippen LogP contribution in [-0.2, 0) is 4.79 Å². The molecule has 0 bridgehead atoms. The second-order valence-electron chi connectivity index (χ2n) is 5.71. The highest BCUT2D eigenvalue weighted by Crippen LogP contribution is 2.36. The van der Waals surface area contributed by atoms with Crippen molar-refractivity contribution in [2.24, 2.45) is 5.10 Å². The van der Waals surface area contributed by atoms with E-state index in [2.05, 4.69) is 10.5 Å². The maximum absolute atomic E-state index is 13.4. The van der Waals surface area contributed by atoms with E-state index in [-0.39, 0.29) is 18.5 Å². The second kappa shape index (κ2) is 9.78. The number of hydrogen-bond donors (Lipinski definition) is 1. The molecule has 27 heavy (non-hydrogen) atoms. The van der Waals surface area contributed by atoms with Gasteiger partial charge in [0.05, 0.1) is 24.5 Å². The SMILES string of the molecule is COc1cc(/C=N\NC(=O)COc2ccccc2F)cc(Cl)c1OC(C)C. The van der Waals surface area contributed by atoms with Gasteiger partial charge >= 0.3 is 0 Å². The summed E-state index contributed by atoms with van der Waals surface area (Å²) in [6.45, 7) is 3.39. The first-order valence-corrected chi connectivity index (χ1v) is 8.52. The molecule has 0 aliphatic rings. The van der Waals surface area contributed by atoms with Crippen molar-refractivity contribution < 1.29 is 23.4 Å². The van der Waals surface area contributed by atoms with E-state index in [1.54, 1.807) is 18.2 Å². The van der Waals surface area contributed by atoms with Crippen molar-refractivity contribution in [3.8, 4) is 17.2 Å². The summed E-state index contributed by atoms with van der Waals surface area (Å²) in [6.07, 6.45) is 1.33. The Bertz CT molecular complexity index is 827. The normalized spacial score (nSPS) is 10.9. The number of benzene rings is 2. The number of hydrogen-bond acceptors (Lipinski definition) is 5. The third-order valence-corrected chi connectivity index (χ3v) is 3.48. The summed E-state index contributed by atoms with van der Waals surface area (Å²) in [4.78, 5) is 11.7. The van der Waals surface area contributed by atoms with Crippen LogP contribution in [0.15, 0.2) is 41.5 Å². The number of nitrogens with zero attached hydrogens (tertiary/aromatic N) is 1. The summed E-state index contributed by atoms with van der Waals surface area (Å²) in [7, 11) is 1.50. The number of nitrogens with one attached hydrogen (secondary N) is 1. The number of carbonyl (C=O) groups is 1. The first kappa shape index (κ1) is 20.5. The van der Waals surface area contributed by atoms with E-state index >= 15 is 0 Å². The number of rotatable bonds is 8. The molecule has 0 atom stereocenters. The molecule has 0 heterocycles. The van der Waals surface area contributed by atoms with Crippen LogP contribution in [0.3, 0.4) is 0 Å². The van der Waals surface area contributed by atoms with E-state index in [9.17, 15) is 9.18 Å². The van der Waals surface area contributed by atoms with E-state index in [1.807, 2.05) is 13.8 Å². The maximum Gasteiger partial charge on any atom is 0.277 e. The van der Waals surface area contributed by atoms with Gasteiger partial charge in [-0.2, -0.15) is 5.10 Å². The molecule has 144 valence electrons. The molecule has 0 spiro atoms. The number of methoxy groups -OCH3 is 1. The number of para-hydroxylation sites is 1. The van der Waals surface area contributed by atoms with E-state index < -0.39 is 11.7 Å². The maximum atomic E-state index is 13.4. The van der Waals surface area contributed by atoms with E-state index in [4.69, 9.17) is 25.8 Å². The highest BCUT2D eigenvalue weighted by atomic mass is 35.5. The fourth-order valence-corrected chi connectivity index (χ4v) is 2.34. The summed E-state index contributed by atoms with van der Waals surface area (Å²) in [5.74, 6) is -0.194. The minimum absolute atomic E-state index is 0.00566. The molecule has 2 aromatic carbocycles. The summed E-state index contributed by atoms with van der Waals surface area (Å²) in [5, 5.41) is 4.19.